The first-order valence-corrected chi connectivity index (χ1v) is 5.75. The molecule has 92 valence electrons. The van der Waals surface area contributed by atoms with Crippen molar-refractivity contribution in [2.24, 2.45) is 0 Å². The Kier molecular flexibility index (Phi) is 4.81. The van der Waals surface area contributed by atoms with Crippen molar-refractivity contribution in [2.75, 3.05) is 0 Å². The second kappa shape index (κ2) is 5.91. The van der Waals surface area contributed by atoms with E-state index in [-0.39, 0.29) is 12.0 Å². The van der Waals surface area contributed by atoms with Crippen molar-refractivity contribution in [2.45, 2.75) is 19.3 Å². The summed E-state index contributed by atoms with van der Waals surface area (Å²) in [6.07, 6.45) is 2.61. The molecule has 0 amide bonds. The minimum atomic E-state index is -1.08. The van der Waals surface area contributed by atoms with E-state index in [4.69, 9.17) is 5.11 Å². The second-order valence-electron chi connectivity index (χ2n) is 3.66. The molecule has 0 heterocycles. The highest BCUT2D eigenvalue weighted by Crippen LogP contribution is 2.28. The minimum Gasteiger partial charge on any atom is -0.478 e. The first-order chi connectivity index (χ1) is 7.91. The third-order valence-corrected chi connectivity index (χ3v) is 2.74. The Morgan fingerprint density at radius 1 is 1.47 bits per heavy atom. The molecule has 0 aromatic heterocycles. The van der Waals surface area contributed by atoms with Crippen LogP contribution < -0.4 is 0 Å². The lowest BCUT2D eigenvalue weighted by molar-refractivity contribution is -0.131. The molecule has 0 saturated heterocycles. The first-order valence-electron chi connectivity index (χ1n) is 4.95. The summed E-state index contributed by atoms with van der Waals surface area (Å²) in [5.41, 5.74) is -0.0248. The number of carboxylic acid groups (broad SMARTS) is 1. The zero-order valence-electron chi connectivity index (χ0n) is 9.08. The van der Waals surface area contributed by atoms with Crippen LogP contribution in [0.1, 0.15) is 24.8 Å². The molecule has 0 aliphatic carbocycles. The quantitative estimate of drug-likeness (QED) is 0.858. The lowest BCUT2D eigenvalue weighted by atomic mass is 9.96. The fourth-order valence-corrected chi connectivity index (χ4v) is 1.92. The van der Waals surface area contributed by atoms with E-state index in [1.807, 2.05) is 0 Å². The Morgan fingerprint density at radius 2 is 2.00 bits per heavy atom. The molecule has 0 radical (unpaired) electrons. The monoisotopic (exact) mass is 304 g/mol. The van der Waals surface area contributed by atoms with E-state index in [0.29, 0.717) is 4.47 Å². The van der Waals surface area contributed by atoms with Gasteiger partial charge in [-0.15, -0.1) is 0 Å². The van der Waals surface area contributed by atoms with Gasteiger partial charge in [-0.1, -0.05) is 28.9 Å². The van der Waals surface area contributed by atoms with Crippen molar-refractivity contribution >= 4 is 21.9 Å². The smallest absolute Gasteiger partial charge is 0.327 e. The van der Waals surface area contributed by atoms with Crippen molar-refractivity contribution in [3.8, 4) is 0 Å². The van der Waals surface area contributed by atoms with Crippen LogP contribution in [-0.2, 0) is 4.79 Å². The van der Waals surface area contributed by atoms with Crippen LogP contribution in [0.4, 0.5) is 8.78 Å². The van der Waals surface area contributed by atoms with E-state index in [1.165, 1.54) is 18.2 Å². The van der Waals surface area contributed by atoms with Gasteiger partial charge in [-0.05, 0) is 24.5 Å². The van der Waals surface area contributed by atoms with Crippen molar-refractivity contribution in [3.05, 3.63) is 46.0 Å². The Bertz CT molecular complexity index is 435. The van der Waals surface area contributed by atoms with E-state index in [0.717, 1.165) is 6.08 Å². The minimum absolute atomic E-state index is 0.0248. The number of allylic oxidation sites excluding steroid dienone is 1. The average molecular weight is 305 g/mol. The molecule has 2 nitrogen and oxygen atoms in total. The van der Waals surface area contributed by atoms with Gasteiger partial charge >= 0.3 is 5.97 Å². The van der Waals surface area contributed by atoms with Crippen LogP contribution in [0.5, 0.6) is 0 Å². The van der Waals surface area contributed by atoms with Gasteiger partial charge in [0.25, 0.3) is 0 Å². The van der Waals surface area contributed by atoms with Gasteiger partial charge in [-0.3, -0.25) is 0 Å². The SMILES string of the molecule is C[C@H](C/C=C/C(=O)O)c1c(F)cc(Br)cc1F. The van der Waals surface area contributed by atoms with Gasteiger partial charge in [0.2, 0.25) is 0 Å². The molecule has 0 aliphatic rings. The number of aliphatic carboxylic acids is 1. The molecule has 5 heteroatoms. The fraction of sp³-hybridized carbons (Fsp3) is 0.250. The zero-order valence-corrected chi connectivity index (χ0v) is 10.7. The molecule has 0 spiro atoms. The maximum absolute atomic E-state index is 13.5. The molecular weight excluding hydrogens is 294 g/mol. The van der Waals surface area contributed by atoms with Gasteiger partial charge in [0.15, 0.2) is 0 Å². The summed E-state index contributed by atoms with van der Waals surface area (Å²) in [5.74, 6) is -2.76. The predicted molar refractivity (Wildman–Crippen MR) is 63.9 cm³/mol. The maximum Gasteiger partial charge on any atom is 0.327 e. The van der Waals surface area contributed by atoms with Gasteiger partial charge < -0.3 is 5.11 Å². The summed E-state index contributed by atoms with van der Waals surface area (Å²) in [4.78, 5) is 10.3. The second-order valence-corrected chi connectivity index (χ2v) is 4.58. The van der Waals surface area contributed by atoms with E-state index in [2.05, 4.69) is 15.9 Å². The molecule has 1 aromatic rings. The Labute approximate surface area is 106 Å². The highest BCUT2D eigenvalue weighted by atomic mass is 79.9. The van der Waals surface area contributed by atoms with Gasteiger partial charge in [-0.25, -0.2) is 13.6 Å². The molecule has 0 unspecified atom stereocenters. The van der Waals surface area contributed by atoms with Crippen molar-refractivity contribution < 1.29 is 18.7 Å². The van der Waals surface area contributed by atoms with E-state index in [9.17, 15) is 13.6 Å². The molecule has 1 N–H and O–H groups in total. The van der Waals surface area contributed by atoms with Crippen LogP contribution >= 0.6 is 15.9 Å². The summed E-state index contributed by atoms with van der Waals surface area (Å²) in [5, 5.41) is 8.40. The first kappa shape index (κ1) is 13.8. The molecule has 1 aromatic carbocycles. The summed E-state index contributed by atoms with van der Waals surface area (Å²) in [7, 11) is 0. The summed E-state index contributed by atoms with van der Waals surface area (Å²) in [6.45, 7) is 1.64. The van der Waals surface area contributed by atoms with Crippen molar-refractivity contribution in [3.63, 3.8) is 0 Å². The van der Waals surface area contributed by atoms with Gasteiger partial charge in [0, 0.05) is 16.1 Å². The van der Waals surface area contributed by atoms with E-state index >= 15 is 0 Å². The summed E-state index contributed by atoms with van der Waals surface area (Å²) >= 11 is 3.00. The van der Waals surface area contributed by atoms with Gasteiger partial charge in [-0.2, -0.15) is 0 Å². The van der Waals surface area contributed by atoms with Crippen LogP contribution in [-0.4, -0.2) is 11.1 Å². The number of halogens is 3. The van der Waals surface area contributed by atoms with Crippen LogP contribution in [0.15, 0.2) is 28.8 Å². The van der Waals surface area contributed by atoms with Crippen molar-refractivity contribution in [1.82, 2.24) is 0 Å². The number of carbonyl (C=O) groups is 1. The standard InChI is InChI=1S/C12H11BrF2O2/c1-7(3-2-4-11(16)17)12-9(14)5-8(13)6-10(12)15/h2,4-7H,3H2,1H3,(H,16,17)/b4-2+/t7-/m1/s1. The Morgan fingerprint density at radius 3 is 2.47 bits per heavy atom. The third-order valence-electron chi connectivity index (χ3n) is 2.29. The molecule has 1 atom stereocenters. The Balaban J connectivity index is 2.89. The van der Waals surface area contributed by atoms with Crippen LogP contribution in [0.3, 0.4) is 0 Å². The molecule has 0 bridgehead atoms. The number of benzene rings is 1. The molecule has 17 heavy (non-hydrogen) atoms. The van der Waals surface area contributed by atoms with Crippen LogP contribution in [0.2, 0.25) is 0 Å². The number of rotatable bonds is 4. The number of hydrogen-bond donors (Lipinski definition) is 1. The van der Waals surface area contributed by atoms with Gasteiger partial charge in [0.05, 0.1) is 0 Å². The van der Waals surface area contributed by atoms with Crippen LogP contribution in [0, 0.1) is 11.6 Å². The summed E-state index contributed by atoms with van der Waals surface area (Å²) < 4.78 is 27.4. The lowest BCUT2D eigenvalue weighted by Crippen LogP contribution is -2.01. The Hall–Kier alpha value is -1.23. The zero-order chi connectivity index (χ0) is 13.0. The summed E-state index contributed by atoms with van der Waals surface area (Å²) in [6, 6.07) is 2.38. The third kappa shape index (κ3) is 3.93. The molecule has 0 saturated carbocycles. The van der Waals surface area contributed by atoms with Crippen molar-refractivity contribution in [1.29, 1.82) is 0 Å². The van der Waals surface area contributed by atoms with E-state index in [1.54, 1.807) is 6.92 Å². The lowest BCUT2D eigenvalue weighted by Gasteiger charge is -2.12. The van der Waals surface area contributed by atoms with Crippen LogP contribution in [0.25, 0.3) is 0 Å². The maximum atomic E-state index is 13.5. The highest BCUT2D eigenvalue weighted by molar-refractivity contribution is 9.10. The molecule has 1 rings (SSSR count). The number of hydrogen-bond acceptors (Lipinski definition) is 1. The topological polar surface area (TPSA) is 37.3 Å². The van der Waals surface area contributed by atoms with Gasteiger partial charge in [0.1, 0.15) is 11.6 Å². The normalized spacial score (nSPS) is 12.9. The highest BCUT2D eigenvalue weighted by Gasteiger charge is 2.16. The average Bonchev–Trinajstić information content (AvgIpc) is 2.14. The van der Waals surface area contributed by atoms with E-state index < -0.39 is 23.5 Å². The molecular formula is C12H11BrF2O2. The molecule has 0 fully saturated rings. The fourth-order valence-electron chi connectivity index (χ4n) is 1.51. The largest absolute Gasteiger partial charge is 0.478 e. The molecule has 0 aliphatic heterocycles. The predicted octanol–water partition coefficient (Wildman–Crippen LogP) is 3.86. The number of carboxylic acids is 1.